The van der Waals surface area contributed by atoms with Crippen molar-refractivity contribution in [2.45, 2.75) is 239 Å². The van der Waals surface area contributed by atoms with Crippen LogP contribution in [-0.4, -0.2) is 37.2 Å². The van der Waals surface area contributed by atoms with Crippen LogP contribution < -0.4 is 0 Å². The van der Waals surface area contributed by atoms with E-state index < -0.39 is 6.10 Å². The lowest BCUT2D eigenvalue weighted by atomic mass is 10.1. The van der Waals surface area contributed by atoms with E-state index in [2.05, 4.69) is 179 Å². The SMILES string of the molecule is CC/C=C\C/C=C\C/C=C\C/C=C\C/C=C\C/C=C\C/C=C\C/C=C\CCCCC(=O)OCC(COC(=O)CCCCCCC/C=C\CCCCCCC)OC(=O)CCCC/C=C\C/C=C\C/C=C\C/C=C\CC. The molecule has 0 spiro atoms. The number of allylic oxidation sites excluding steroid dienone is 26. The first-order valence-corrected chi connectivity index (χ1v) is 29.5. The van der Waals surface area contributed by atoms with E-state index in [-0.39, 0.29) is 44.0 Å². The third-order valence-corrected chi connectivity index (χ3v) is 11.7. The molecule has 6 heteroatoms. The number of rotatable bonds is 51. The Kier molecular flexibility index (Phi) is 56.5. The Bertz CT molecular complexity index is 1690. The van der Waals surface area contributed by atoms with Crippen LogP contribution in [0.3, 0.4) is 0 Å². The van der Waals surface area contributed by atoms with Crippen molar-refractivity contribution in [3.05, 3.63) is 158 Å². The number of esters is 3. The minimum absolute atomic E-state index is 0.120. The topological polar surface area (TPSA) is 78.9 Å². The van der Waals surface area contributed by atoms with Crippen LogP contribution in [0, 0.1) is 0 Å². The van der Waals surface area contributed by atoms with E-state index in [0.717, 1.165) is 135 Å². The molecule has 0 saturated heterocycles. The number of hydrogen-bond acceptors (Lipinski definition) is 6. The van der Waals surface area contributed by atoms with Crippen LogP contribution >= 0.6 is 0 Å². The molecule has 0 aliphatic carbocycles. The van der Waals surface area contributed by atoms with Crippen molar-refractivity contribution >= 4 is 17.9 Å². The molecule has 6 nitrogen and oxygen atoms in total. The highest BCUT2D eigenvalue weighted by molar-refractivity contribution is 5.71. The zero-order chi connectivity index (χ0) is 53.6. The van der Waals surface area contributed by atoms with Crippen LogP contribution in [0.25, 0.3) is 0 Å². The third kappa shape index (κ3) is 57.9. The van der Waals surface area contributed by atoms with Crippen LogP contribution in [0.1, 0.15) is 233 Å². The predicted octanol–water partition coefficient (Wildman–Crippen LogP) is 20.1. The number of ether oxygens (including phenoxy) is 3. The summed E-state index contributed by atoms with van der Waals surface area (Å²) in [6, 6.07) is 0. The number of carbonyl (C=O) groups excluding carboxylic acids is 3. The van der Waals surface area contributed by atoms with Gasteiger partial charge in [-0.3, -0.25) is 14.4 Å². The van der Waals surface area contributed by atoms with Crippen LogP contribution in [0.4, 0.5) is 0 Å². The van der Waals surface area contributed by atoms with Gasteiger partial charge in [-0.2, -0.15) is 0 Å². The van der Waals surface area contributed by atoms with Crippen molar-refractivity contribution in [1.29, 1.82) is 0 Å². The van der Waals surface area contributed by atoms with Gasteiger partial charge in [0, 0.05) is 19.3 Å². The average molecular weight is 1020 g/mol. The molecular weight excluding hydrogens is 913 g/mol. The van der Waals surface area contributed by atoms with Gasteiger partial charge in [-0.05, 0) is 148 Å². The molecule has 0 aromatic heterocycles. The zero-order valence-corrected chi connectivity index (χ0v) is 47.3. The third-order valence-electron chi connectivity index (χ3n) is 11.7. The van der Waals surface area contributed by atoms with E-state index in [1.54, 1.807) is 0 Å². The van der Waals surface area contributed by atoms with Crippen molar-refractivity contribution in [2.75, 3.05) is 13.2 Å². The Morgan fingerprint density at radius 2 is 0.527 bits per heavy atom. The molecule has 1 atom stereocenters. The molecule has 0 bridgehead atoms. The smallest absolute Gasteiger partial charge is 0.306 e. The van der Waals surface area contributed by atoms with Crippen molar-refractivity contribution in [3.63, 3.8) is 0 Å². The van der Waals surface area contributed by atoms with Crippen molar-refractivity contribution in [2.24, 2.45) is 0 Å². The van der Waals surface area contributed by atoms with Crippen molar-refractivity contribution < 1.29 is 28.6 Å². The van der Waals surface area contributed by atoms with Gasteiger partial charge in [0.15, 0.2) is 6.10 Å². The highest BCUT2D eigenvalue weighted by Gasteiger charge is 2.19. The minimum atomic E-state index is -0.829. The number of hydrogen-bond donors (Lipinski definition) is 0. The lowest BCUT2D eigenvalue weighted by Crippen LogP contribution is -2.30. The van der Waals surface area contributed by atoms with Gasteiger partial charge >= 0.3 is 17.9 Å². The van der Waals surface area contributed by atoms with E-state index >= 15 is 0 Å². The molecule has 0 aromatic rings. The van der Waals surface area contributed by atoms with E-state index in [1.807, 2.05) is 0 Å². The fourth-order valence-corrected chi connectivity index (χ4v) is 7.38. The van der Waals surface area contributed by atoms with Crippen molar-refractivity contribution in [1.82, 2.24) is 0 Å². The molecule has 1 unspecified atom stereocenters. The summed E-state index contributed by atoms with van der Waals surface area (Å²) in [4.78, 5) is 38.1. The van der Waals surface area contributed by atoms with Crippen molar-refractivity contribution in [3.8, 4) is 0 Å². The van der Waals surface area contributed by atoms with Crippen LogP contribution in [0.15, 0.2) is 158 Å². The summed E-state index contributed by atoms with van der Waals surface area (Å²) in [5, 5.41) is 0. The molecule has 0 heterocycles. The molecule has 0 aliphatic rings. The molecule has 0 amide bonds. The van der Waals surface area contributed by atoms with Gasteiger partial charge in [0.1, 0.15) is 13.2 Å². The summed E-state index contributed by atoms with van der Waals surface area (Å²) >= 11 is 0. The second-order valence-electron chi connectivity index (χ2n) is 18.8. The van der Waals surface area contributed by atoms with Gasteiger partial charge < -0.3 is 14.2 Å². The Morgan fingerprint density at radius 1 is 0.284 bits per heavy atom. The average Bonchev–Trinajstić information content (AvgIpc) is 3.40. The maximum absolute atomic E-state index is 12.8. The monoisotopic (exact) mass is 1020 g/mol. The number of unbranched alkanes of at least 4 members (excludes halogenated alkanes) is 14. The predicted molar refractivity (Wildman–Crippen MR) is 320 cm³/mol. The Hall–Kier alpha value is -4.97. The Labute approximate surface area is 454 Å². The zero-order valence-electron chi connectivity index (χ0n) is 47.3. The van der Waals surface area contributed by atoms with E-state index in [9.17, 15) is 14.4 Å². The molecule has 74 heavy (non-hydrogen) atoms. The molecule has 0 fully saturated rings. The first kappa shape index (κ1) is 69.0. The lowest BCUT2D eigenvalue weighted by molar-refractivity contribution is -0.167. The van der Waals surface area contributed by atoms with Gasteiger partial charge in [0.25, 0.3) is 0 Å². The maximum Gasteiger partial charge on any atom is 0.306 e. The highest BCUT2D eigenvalue weighted by atomic mass is 16.6. The summed E-state index contributed by atoms with van der Waals surface area (Å²) < 4.78 is 16.8. The summed E-state index contributed by atoms with van der Waals surface area (Å²) in [6.45, 7) is 6.31. The standard InChI is InChI=1S/C68H106O6/c1-4-7-10-13-16-19-22-25-28-29-30-31-32-33-34-35-36-37-38-39-41-43-46-49-52-55-58-61-67(70)73-64-65(63-72-66(69)60-57-54-51-48-45-42-27-24-21-18-15-12-9-6-3)74-68(71)62-59-56-53-50-47-44-40-26-23-20-17-14-11-8-5-2/h7-8,10-11,16-17,19-20,24-28,30-31,33-34,36-37,39-41,46-47,49-50,65H,4-6,9,12-15,18,21-23,29,32,35,38,42-45,48,51-64H2,1-3H3/b10-7-,11-8-,19-16-,20-17-,27-24-,28-25-,31-30-,34-33-,37-36-,40-26-,41-39-,49-46-,50-47-. The molecule has 414 valence electrons. The first-order chi connectivity index (χ1) is 36.5. The van der Waals surface area contributed by atoms with Gasteiger partial charge in [-0.1, -0.05) is 224 Å². The van der Waals surface area contributed by atoms with E-state index in [4.69, 9.17) is 14.2 Å². The largest absolute Gasteiger partial charge is 0.462 e. The summed E-state index contributed by atoms with van der Waals surface area (Å²) in [5.74, 6) is -1.02. The van der Waals surface area contributed by atoms with E-state index in [1.165, 1.54) is 44.9 Å². The molecule has 0 N–H and O–H groups in total. The molecule has 0 aliphatic heterocycles. The van der Waals surface area contributed by atoms with Gasteiger partial charge in [-0.15, -0.1) is 0 Å². The first-order valence-electron chi connectivity index (χ1n) is 29.5. The normalized spacial score (nSPS) is 13.3. The Morgan fingerprint density at radius 3 is 0.865 bits per heavy atom. The summed E-state index contributed by atoms with van der Waals surface area (Å²) in [5.41, 5.74) is 0. The second-order valence-corrected chi connectivity index (χ2v) is 18.8. The Balaban J connectivity index is 4.51. The maximum atomic E-state index is 12.8. The summed E-state index contributed by atoms with van der Waals surface area (Å²) in [6.07, 6.45) is 88.1. The lowest BCUT2D eigenvalue weighted by Gasteiger charge is -2.18. The molecule has 0 aromatic carbocycles. The van der Waals surface area contributed by atoms with Crippen LogP contribution in [0.5, 0.6) is 0 Å². The van der Waals surface area contributed by atoms with Crippen LogP contribution in [0.2, 0.25) is 0 Å². The molecule has 0 radical (unpaired) electrons. The van der Waals surface area contributed by atoms with Gasteiger partial charge in [0.05, 0.1) is 0 Å². The number of carbonyl (C=O) groups is 3. The molecule has 0 saturated carbocycles. The second kappa shape index (κ2) is 60.6. The van der Waals surface area contributed by atoms with E-state index in [0.29, 0.717) is 19.3 Å². The quantitative estimate of drug-likeness (QED) is 0.0261. The molecule has 0 rings (SSSR count). The minimum Gasteiger partial charge on any atom is -0.462 e. The van der Waals surface area contributed by atoms with Gasteiger partial charge in [0.2, 0.25) is 0 Å². The molecular formula is C68H106O6. The highest BCUT2D eigenvalue weighted by Crippen LogP contribution is 2.12. The fraction of sp³-hybridized carbons (Fsp3) is 0.574. The summed E-state index contributed by atoms with van der Waals surface area (Å²) in [7, 11) is 0. The van der Waals surface area contributed by atoms with Gasteiger partial charge in [-0.25, -0.2) is 0 Å². The fourth-order valence-electron chi connectivity index (χ4n) is 7.38. The van der Waals surface area contributed by atoms with Crippen LogP contribution in [-0.2, 0) is 28.6 Å².